The van der Waals surface area contributed by atoms with Gasteiger partial charge in [0, 0.05) is 29.6 Å². The first kappa shape index (κ1) is 19.5. The van der Waals surface area contributed by atoms with Crippen LogP contribution < -0.4 is 4.74 Å². The van der Waals surface area contributed by atoms with Crippen LogP contribution in [0.15, 0.2) is 12.1 Å². The van der Waals surface area contributed by atoms with Crippen LogP contribution in [0.3, 0.4) is 0 Å². The summed E-state index contributed by atoms with van der Waals surface area (Å²) in [6, 6.07) is 4.05. The van der Waals surface area contributed by atoms with Crippen LogP contribution in [0.4, 0.5) is 0 Å². The number of ether oxygens (including phenoxy) is 2. The van der Waals surface area contributed by atoms with Crippen LogP contribution >= 0.6 is 0 Å². The Hall–Kier alpha value is -1.26. The number of morpholine rings is 1. The Balaban J connectivity index is 1.87. The summed E-state index contributed by atoms with van der Waals surface area (Å²) in [5.74, 6) is 1.34. The lowest BCUT2D eigenvalue weighted by Gasteiger charge is -2.38. The van der Waals surface area contributed by atoms with E-state index in [-0.39, 0.29) is 17.1 Å². The van der Waals surface area contributed by atoms with E-state index >= 15 is 0 Å². The summed E-state index contributed by atoms with van der Waals surface area (Å²) in [5, 5.41) is 10.8. The molecule has 146 valence electrons. The van der Waals surface area contributed by atoms with Crippen molar-refractivity contribution >= 4 is 0 Å². The van der Waals surface area contributed by atoms with E-state index in [1.165, 1.54) is 19.3 Å². The smallest absolute Gasteiger partial charge is 0.162 e. The molecule has 1 atom stereocenters. The van der Waals surface area contributed by atoms with Crippen molar-refractivity contribution in [2.24, 2.45) is 0 Å². The zero-order valence-corrected chi connectivity index (χ0v) is 17.1. The monoisotopic (exact) mass is 361 g/mol. The molecular formula is C22H35NO3. The molecule has 1 saturated heterocycles. The summed E-state index contributed by atoms with van der Waals surface area (Å²) >= 11 is 0. The van der Waals surface area contributed by atoms with E-state index in [1.54, 1.807) is 0 Å². The fourth-order valence-corrected chi connectivity index (χ4v) is 4.41. The maximum Gasteiger partial charge on any atom is 0.162 e. The van der Waals surface area contributed by atoms with Gasteiger partial charge in [-0.15, -0.1) is 0 Å². The fourth-order valence-electron chi connectivity index (χ4n) is 4.41. The largest absolute Gasteiger partial charge is 0.508 e. The lowest BCUT2D eigenvalue weighted by Crippen LogP contribution is -2.52. The van der Waals surface area contributed by atoms with Crippen LogP contribution in [-0.2, 0) is 15.6 Å². The summed E-state index contributed by atoms with van der Waals surface area (Å²) in [5.41, 5.74) is 1.90. The molecule has 0 saturated carbocycles. The minimum atomic E-state index is -0.158. The van der Waals surface area contributed by atoms with Crippen molar-refractivity contribution in [1.29, 1.82) is 0 Å². The van der Waals surface area contributed by atoms with E-state index in [0.717, 1.165) is 49.6 Å². The molecule has 4 nitrogen and oxygen atoms in total. The number of phenols is 1. The minimum Gasteiger partial charge on any atom is -0.508 e. The van der Waals surface area contributed by atoms with Crippen molar-refractivity contribution in [1.82, 2.24) is 4.90 Å². The van der Waals surface area contributed by atoms with Gasteiger partial charge in [0.2, 0.25) is 0 Å². The molecule has 0 amide bonds. The summed E-state index contributed by atoms with van der Waals surface area (Å²) in [6.45, 7) is 14.4. The lowest BCUT2D eigenvalue weighted by molar-refractivity contribution is -0.0612. The van der Waals surface area contributed by atoms with Crippen LogP contribution in [-0.4, -0.2) is 42.5 Å². The highest BCUT2D eigenvalue weighted by Gasteiger charge is 2.46. The first-order valence-corrected chi connectivity index (χ1v) is 10.1. The molecule has 0 aromatic heterocycles. The highest BCUT2D eigenvalue weighted by Crippen LogP contribution is 2.49. The number of hydrogen-bond acceptors (Lipinski definition) is 4. The Morgan fingerprint density at radius 3 is 2.54 bits per heavy atom. The van der Waals surface area contributed by atoms with Gasteiger partial charge in [0.05, 0.1) is 13.2 Å². The average Bonchev–Trinajstić information content (AvgIpc) is 2.86. The number of nitrogens with zero attached hydrogens (tertiary/aromatic N) is 1. The highest BCUT2D eigenvalue weighted by atomic mass is 16.5. The van der Waals surface area contributed by atoms with Crippen molar-refractivity contribution in [2.45, 2.75) is 77.4 Å². The Kier molecular flexibility index (Phi) is 5.55. The second-order valence-electron chi connectivity index (χ2n) is 9.05. The van der Waals surface area contributed by atoms with E-state index in [1.807, 2.05) is 6.07 Å². The zero-order chi connectivity index (χ0) is 18.9. The molecule has 1 unspecified atom stereocenters. The molecule has 2 aliphatic rings. The van der Waals surface area contributed by atoms with E-state index in [2.05, 4.69) is 45.6 Å². The van der Waals surface area contributed by atoms with Crippen molar-refractivity contribution in [3.63, 3.8) is 0 Å². The zero-order valence-electron chi connectivity index (χ0n) is 17.1. The molecule has 1 aromatic carbocycles. The topological polar surface area (TPSA) is 41.9 Å². The van der Waals surface area contributed by atoms with Crippen LogP contribution in [0.2, 0.25) is 0 Å². The molecule has 0 aliphatic carbocycles. The third-order valence-electron chi connectivity index (χ3n) is 6.16. The summed E-state index contributed by atoms with van der Waals surface area (Å²) in [7, 11) is 0. The average molecular weight is 362 g/mol. The minimum absolute atomic E-state index is 0.000691. The molecule has 0 spiro atoms. The van der Waals surface area contributed by atoms with Gasteiger partial charge in [0.1, 0.15) is 11.5 Å². The standard InChI is InChI=1S/C22H35NO3/c1-6-7-8-9-21(2,3)16-15-19-17(14-18(16)24)22(4,5)20(26-19)23-10-12-25-13-11-23/h14-15,20,24H,6-13H2,1-5H3. The maximum absolute atomic E-state index is 10.8. The number of phenolic OH excluding ortho intramolecular Hbond substituents is 1. The van der Waals surface area contributed by atoms with Crippen molar-refractivity contribution < 1.29 is 14.6 Å². The number of aromatic hydroxyl groups is 1. The molecule has 3 rings (SSSR count). The molecule has 26 heavy (non-hydrogen) atoms. The van der Waals surface area contributed by atoms with Gasteiger partial charge in [0.15, 0.2) is 6.23 Å². The summed E-state index contributed by atoms with van der Waals surface area (Å²) in [4.78, 5) is 2.37. The van der Waals surface area contributed by atoms with Gasteiger partial charge >= 0.3 is 0 Å². The quantitative estimate of drug-likeness (QED) is 0.753. The third-order valence-corrected chi connectivity index (χ3v) is 6.16. The number of benzene rings is 1. The Morgan fingerprint density at radius 2 is 1.88 bits per heavy atom. The second kappa shape index (κ2) is 7.40. The number of fused-ring (bicyclic) bond motifs is 1. The van der Waals surface area contributed by atoms with E-state index in [9.17, 15) is 5.11 Å². The Morgan fingerprint density at radius 1 is 1.19 bits per heavy atom. The fraction of sp³-hybridized carbons (Fsp3) is 0.727. The maximum atomic E-state index is 10.8. The second-order valence-corrected chi connectivity index (χ2v) is 9.05. The number of rotatable bonds is 6. The van der Waals surface area contributed by atoms with E-state index in [0.29, 0.717) is 5.75 Å². The van der Waals surface area contributed by atoms with Gasteiger partial charge in [0.25, 0.3) is 0 Å². The molecular weight excluding hydrogens is 326 g/mol. The number of unbranched alkanes of at least 4 members (excludes halogenated alkanes) is 2. The van der Waals surface area contributed by atoms with Gasteiger partial charge in [-0.3, -0.25) is 4.90 Å². The molecule has 4 heteroatoms. The van der Waals surface area contributed by atoms with E-state index < -0.39 is 0 Å². The van der Waals surface area contributed by atoms with Crippen molar-refractivity contribution in [3.05, 3.63) is 23.3 Å². The summed E-state index contributed by atoms with van der Waals surface area (Å²) < 4.78 is 11.9. The summed E-state index contributed by atoms with van der Waals surface area (Å²) in [6.07, 6.45) is 4.70. The Bertz CT molecular complexity index is 633. The van der Waals surface area contributed by atoms with Crippen LogP contribution in [0.5, 0.6) is 11.5 Å². The number of hydrogen-bond donors (Lipinski definition) is 1. The normalized spacial score (nSPS) is 22.9. The predicted octanol–water partition coefficient (Wildman–Crippen LogP) is 4.58. The third kappa shape index (κ3) is 3.59. The van der Waals surface area contributed by atoms with Crippen LogP contribution in [0.25, 0.3) is 0 Å². The van der Waals surface area contributed by atoms with Crippen molar-refractivity contribution in [3.8, 4) is 11.5 Å². The predicted molar refractivity (Wildman–Crippen MR) is 105 cm³/mol. The molecule has 1 fully saturated rings. The van der Waals surface area contributed by atoms with Gasteiger partial charge in [-0.05, 0) is 24.0 Å². The first-order chi connectivity index (χ1) is 12.3. The molecule has 2 aliphatic heterocycles. The highest BCUT2D eigenvalue weighted by molar-refractivity contribution is 5.54. The Labute approximate surface area is 158 Å². The van der Waals surface area contributed by atoms with Gasteiger partial charge in [-0.2, -0.15) is 0 Å². The molecule has 2 heterocycles. The lowest BCUT2D eigenvalue weighted by atomic mass is 9.77. The first-order valence-electron chi connectivity index (χ1n) is 10.1. The molecule has 1 aromatic rings. The molecule has 0 bridgehead atoms. The van der Waals surface area contributed by atoms with Crippen molar-refractivity contribution in [2.75, 3.05) is 26.3 Å². The van der Waals surface area contributed by atoms with E-state index in [4.69, 9.17) is 9.47 Å². The van der Waals surface area contributed by atoms with Gasteiger partial charge < -0.3 is 14.6 Å². The van der Waals surface area contributed by atoms with Gasteiger partial charge in [-0.25, -0.2) is 0 Å². The van der Waals surface area contributed by atoms with Crippen LogP contribution in [0, 0.1) is 0 Å². The molecule has 0 radical (unpaired) electrons. The SMILES string of the molecule is CCCCCC(C)(C)c1cc2c(cc1O)C(C)(C)C(N1CCOCC1)O2. The molecule has 1 N–H and O–H groups in total. The van der Waals surface area contributed by atoms with Crippen LogP contribution in [0.1, 0.15) is 71.4 Å². The van der Waals surface area contributed by atoms with Gasteiger partial charge in [-0.1, -0.05) is 53.9 Å².